The average Bonchev–Trinajstić information content (AvgIpc) is 2.26. The Morgan fingerprint density at radius 1 is 1.27 bits per heavy atom. The first-order chi connectivity index (χ1) is 7.13. The van der Waals surface area contributed by atoms with E-state index in [0.717, 1.165) is 0 Å². The average molecular weight is 215 g/mol. The Kier molecular flexibility index (Phi) is 4.37. The van der Waals surface area contributed by atoms with Crippen LogP contribution in [0.3, 0.4) is 0 Å². The van der Waals surface area contributed by atoms with Crippen LogP contribution in [0.4, 0.5) is 5.82 Å². The fraction of sp³-hybridized carbons (Fsp3) is 0.500. The lowest BCUT2D eigenvalue weighted by atomic mass is 10.3. The van der Waals surface area contributed by atoms with Gasteiger partial charge in [0.15, 0.2) is 6.29 Å². The Balaban J connectivity index is 2.58. The summed E-state index contributed by atoms with van der Waals surface area (Å²) in [6.07, 6.45) is -1.37. The number of rotatable bonds is 5. The highest BCUT2D eigenvalue weighted by atomic mass is 16.5. The van der Waals surface area contributed by atoms with Gasteiger partial charge >= 0.3 is 0 Å². The quantitative estimate of drug-likeness (QED) is 0.368. The van der Waals surface area contributed by atoms with E-state index in [4.69, 9.17) is 20.4 Å². The van der Waals surface area contributed by atoms with Crippen LogP contribution in [0.25, 0.3) is 0 Å². The summed E-state index contributed by atoms with van der Waals surface area (Å²) in [5, 5.41) is 37.9. The van der Waals surface area contributed by atoms with E-state index in [-0.39, 0.29) is 18.8 Å². The molecule has 0 spiro atoms. The lowest BCUT2D eigenvalue weighted by molar-refractivity contribution is -0.0458. The van der Waals surface area contributed by atoms with E-state index in [9.17, 15) is 0 Å². The SMILES string of the molecule is OCC(O)CNc1cc(C(O)O)ncn1. The van der Waals surface area contributed by atoms with Crippen molar-refractivity contribution < 1.29 is 20.4 Å². The fourth-order valence-corrected chi connectivity index (χ4v) is 0.897. The monoisotopic (exact) mass is 215 g/mol. The van der Waals surface area contributed by atoms with Gasteiger partial charge < -0.3 is 25.7 Å². The molecular weight excluding hydrogens is 202 g/mol. The summed E-state index contributed by atoms with van der Waals surface area (Å²) in [4.78, 5) is 7.41. The molecule has 0 aromatic carbocycles. The first-order valence-corrected chi connectivity index (χ1v) is 4.34. The summed E-state index contributed by atoms with van der Waals surface area (Å²) in [5.74, 6) is 0.348. The summed E-state index contributed by atoms with van der Waals surface area (Å²) < 4.78 is 0. The number of aromatic nitrogens is 2. The molecule has 0 fully saturated rings. The van der Waals surface area contributed by atoms with Gasteiger partial charge in [0.05, 0.1) is 12.7 Å². The smallest absolute Gasteiger partial charge is 0.196 e. The minimum atomic E-state index is -1.66. The summed E-state index contributed by atoms with van der Waals surface area (Å²) in [5.41, 5.74) is 0.0611. The van der Waals surface area contributed by atoms with Crippen LogP contribution >= 0.6 is 0 Å². The molecule has 1 heterocycles. The molecule has 1 atom stereocenters. The third-order valence-electron chi connectivity index (χ3n) is 1.68. The Bertz CT molecular complexity index is 308. The van der Waals surface area contributed by atoms with E-state index in [1.54, 1.807) is 0 Å². The van der Waals surface area contributed by atoms with E-state index < -0.39 is 12.4 Å². The van der Waals surface area contributed by atoms with Gasteiger partial charge in [-0.3, -0.25) is 0 Å². The molecule has 84 valence electrons. The van der Waals surface area contributed by atoms with E-state index >= 15 is 0 Å². The van der Waals surface area contributed by atoms with E-state index in [1.807, 2.05) is 0 Å². The maximum Gasteiger partial charge on any atom is 0.196 e. The Morgan fingerprint density at radius 2 is 2.00 bits per heavy atom. The van der Waals surface area contributed by atoms with Crippen LogP contribution in [0, 0.1) is 0 Å². The molecule has 7 heteroatoms. The molecule has 5 N–H and O–H groups in total. The number of nitrogens with zero attached hydrogens (tertiary/aromatic N) is 2. The van der Waals surface area contributed by atoms with Crippen LogP contribution in [-0.4, -0.2) is 49.6 Å². The van der Waals surface area contributed by atoms with Gasteiger partial charge in [0.2, 0.25) is 0 Å². The zero-order valence-electron chi connectivity index (χ0n) is 7.91. The molecule has 0 aliphatic carbocycles. The highest BCUT2D eigenvalue weighted by molar-refractivity contribution is 5.35. The Morgan fingerprint density at radius 3 is 2.60 bits per heavy atom. The molecule has 0 aliphatic heterocycles. The van der Waals surface area contributed by atoms with Crippen molar-refractivity contribution >= 4 is 5.82 Å². The fourth-order valence-electron chi connectivity index (χ4n) is 0.897. The summed E-state index contributed by atoms with van der Waals surface area (Å²) in [6, 6.07) is 1.34. The number of hydrogen-bond donors (Lipinski definition) is 5. The number of nitrogens with one attached hydrogen (secondary N) is 1. The summed E-state index contributed by atoms with van der Waals surface area (Å²) >= 11 is 0. The second kappa shape index (κ2) is 5.56. The zero-order chi connectivity index (χ0) is 11.3. The van der Waals surface area contributed by atoms with Crippen molar-refractivity contribution in [2.75, 3.05) is 18.5 Å². The molecular formula is C8H13N3O4. The van der Waals surface area contributed by atoms with Gasteiger partial charge in [-0.05, 0) is 0 Å². The van der Waals surface area contributed by atoms with Crippen LogP contribution < -0.4 is 5.32 Å². The lowest BCUT2D eigenvalue weighted by Crippen LogP contribution is -2.23. The predicted octanol–water partition coefficient (Wildman–Crippen LogP) is -1.78. The van der Waals surface area contributed by atoms with Gasteiger partial charge in [-0.1, -0.05) is 0 Å². The normalized spacial score (nSPS) is 12.9. The van der Waals surface area contributed by atoms with Crippen molar-refractivity contribution in [2.45, 2.75) is 12.4 Å². The highest BCUT2D eigenvalue weighted by Gasteiger charge is 2.06. The number of hydrogen-bond acceptors (Lipinski definition) is 7. The molecule has 0 radical (unpaired) electrons. The largest absolute Gasteiger partial charge is 0.394 e. The first kappa shape index (κ1) is 11.8. The number of anilines is 1. The molecule has 1 aromatic heterocycles. The second-order valence-corrected chi connectivity index (χ2v) is 2.92. The molecule has 1 unspecified atom stereocenters. The third kappa shape index (κ3) is 3.76. The predicted molar refractivity (Wildman–Crippen MR) is 50.8 cm³/mol. The molecule has 15 heavy (non-hydrogen) atoms. The molecule has 7 nitrogen and oxygen atoms in total. The number of aliphatic hydroxyl groups excluding tert-OH is 3. The molecule has 1 aromatic rings. The maximum absolute atomic E-state index is 9.04. The van der Waals surface area contributed by atoms with Gasteiger partial charge in [-0.15, -0.1) is 0 Å². The van der Waals surface area contributed by atoms with Crippen molar-refractivity contribution in [2.24, 2.45) is 0 Å². The van der Waals surface area contributed by atoms with Crippen molar-refractivity contribution in [1.29, 1.82) is 0 Å². The molecule has 0 aliphatic rings. The van der Waals surface area contributed by atoms with Crippen LogP contribution in [0.15, 0.2) is 12.4 Å². The van der Waals surface area contributed by atoms with Gasteiger partial charge in [0.1, 0.15) is 17.8 Å². The van der Waals surface area contributed by atoms with E-state index in [0.29, 0.717) is 5.82 Å². The minimum Gasteiger partial charge on any atom is -0.394 e. The number of aliphatic hydroxyl groups is 4. The van der Waals surface area contributed by atoms with Crippen LogP contribution in [0.1, 0.15) is 12.0 Å². The highest BCUT2D eigenvalue weighted by Crippen LogP contribution is 2.09. The molecule has 0 bridgehead atoms. The van der Waals surface area contributed by atoms with Crippen molar-refractivity contribution in [3.05, 3.63) is 18.1 Å². The van der Waals surface area contributed by atoms with Gasteiger partial charge in [0.25, 0.3) is 0 Å². The second-order valence-electron chi connectivity index (χ2n) is 2.92. The van der Waals surface area contributed by atoms with Crippen molar-refractivity contribution in [1.82, 2.24) is 9.97 Å². The minimum absolute atomic E-state index is 0.0611. The van der Waals surface area contributed by atoms with Crippen molar-refractivity contribution in [3.63, 3.8) is 0 Å². The van der Waals surface area contributed by atoms with E-state index in [1.165, 1.54) is 12.4 Å². The maximum atomic E-state index is 9.04. The Labute approximate surface area is 86.1 Å². The van der Waals surface area contributed by atoms with Crippen LogP contribution in [0.5, 0.6) is 0 Å². The Hall–Kier alpha value is -1.28. The summed E-state index contributed by atoms with van der Waals surface area (Å²) in [6.45, 7) is -0.234. The van der Waals surface area contributed by atoms with Crippen molar-refractivity contribution in [3.8, 4) is 0 Å². The van der Waals surface area contributed by atoms with Crippen LogP contribution in [0.2, 0.25) is 0 Å². The summed E-state index contributed by atoms with van der Waals surface area (Å²) in [7, 11) is 0. The van der Waals surface area contributed by atoms with Crippen LogP contribution in [-0.2, 0) is 0 Å². The molecule has 1 rings (SSSR count). The molecule has 0 saturated carbocycles. The van der Waals surface area contributed by atoms with Gasteiger partial charge in [-0.25, -0.2) is 9.97 Å². The molecule has 0 amide bonds. The lowest BCUT2D eigenvalue weighted by Gasteiger charge is -2.10. The van der Waals surface area contributed by atoms with Gasteiger partial charge in [-0.2, -0.15) is 0 Å². The third-order valence-corrected chi connectivity index (χ3v) is 1.68. The first-order valence-electron chi connectivity index (χ1n) is 4.34. The topological polar surface area (TPSA) is 119 Å². The van der Waals surface area contributed by atoms with E-state index in [2.05, 4.69) is 15.3 Å². The zero-order valence-corrected chi connectivity index (χ0v) is 7.91. The molecule has 0 saturated heterocycles. The van der Waals surface area contributed by atoms with Gasteiger partial charge in [0, 0.05) is 12.6 Å². The standard InChI is InChI=1S/C8H13N3O4/c12-3-5(13)2-9-7-1-6(8(14)15)10-4-11-7/h1,4-5,8,12-15H,2-3H2,(H,9,10,11).